The summed E-state index contributed by atoms with van der Waals surface area (Å²) in [5.41, 5.74) is 0. The number of ether oxygens (including phenoxy) is 1. The molecule has 0 rings (SSSR count). The quantitative estimate of drug-likeness (QED) is 0.0321. The van der Waals surface area contributed by atoms with Crippen molar-refractivity contribution in [1.29, 1.82) is 0 Å². The van der Waals surface area contributed by atoms with E-state index in [-0.39, 0.29) is 18.5 Å². The number of hydrogen-bond donors (Lipinski definition) is 3. The molecule has 0 saturated heterocycles. The molecule has 0 bridgehead atoms. The summed E-state index contributed by atoms with van der Waals surface area (Å²) < 4.78 is 5.47. The van der Waals surface area contributed by atoms with E-state index in [1.54, 1.807) is 6.08 Å². The zero-order valence-electron chi connectivity index (χ0n) is 42.8. The molecule has 2 atom stereocenters. The number of allylic oxidation sites excluding steroid dienone is 5. The number of aliphatic hydroxyl groups excluding tert-OH is 2. The molecule has 6 heteroatoms. The molecule has 376 valence electrons. The molecule has 0 aliphatic rings. The summed E-state index contributed by atoms with van der Waals surface area (Å²) in [5, 5.41) is 23.0. The van der Waals surface area contributed by atoms with Crippen LogP contribution in [0.25, 0.3) is 0 Å². The summed E-state index contributed by atoms with van der Waals surface area (Å²) >= 11 is 0. The van der Waals surface area contributed by atoms with Crippen molar-refractivity contribution in [2.24, 2.45) is 0 Å². The minimum Gasteiger partial charge on any atom is -0.466 e. The van der Waals surface area contributed by atoms with E-state index in [9.17, 15) is 19.8 Å². The van der Waals surface area contributed by atoms with Gasteiger partial charge >= 0.3 is 5.97 Å². The van der Waals surface area contributed by atoms with Crippen LogP contribution in [0.1, 0.15) is 296 Å². The van der Waals surface area contributed by atoms with Gasteiger partial charge in [-0.05, 0) is 83.5 Å². The van der Waals surface area contributed by atoms with E-state index in [1.807, 2.05) is 6.08 Å². The van der Waals surface area contributed by atoms with Crippen LogP contribution < -0.4 is 5.32 Å². The van der Waals surface area contributed by atoms with Crippen LogP contribution in [0.5, 0.6) is 0 Å². The van der Waals surface area contributed by atoms with Crippen LogP contribution in [0.3, 0.4) is 0 Å². The highest BCUT2D eigenvalue weighted by Crippen LogP contribution is 2.15. The minimum atomic E-state index is -0.852. The van der Waals surface area contributed by atoms with E-state index in [4.69, 9.17) is 4.74 Å². The molecule has 2 unspecified atom stereocenters. The third kappa shape index (κ3) is 49.5. The van der Waals surface area contributed by atoms with E-state index in [1.165, 1.54) is 212 Å². The Kier molecular flexibility index (Phi) is 52.1. The number of rotatable bonds is 52. The zero-order chi connectivity index (χ0) is 46.5. The fraction of sp³-hybridized carbons (Fsp3) is 0.862. The van der Waals surface area contributed by atoms with Crippen molar-refractivity contribution in [3.05, 3.63) is 36.5 Å². The van der Waals surface area contributed by atoms with Gasteiger partial charge in [0.2, 0.25) is 5.91 Å². The van der Waals surface area contributed by atoms with Crippen molar-refractivity contribution in [2.75, 3.05) is 13.2 Å². The van der Waals surface area contributed by atoms with Crippen LogP contribution >= 0.6 is 0 Å². The Bertz CT molecular complexity index is 1040. The molecule has 0 aromatic heterocycles. The first-order valence-corrected chi connectivity index (χ1v) is 28.3. The Hall–Kier alpha value is -1.92. The largest absolute Gasteiger partial charge is 0.466 e. The molecule has 0 spiro atoms. The fourth-order valence-corrected chi connectivity index (χ4v) is 8.50. The van der Waals surface area contributed by atoms with Crippen LogP contribution in [-0.4, -0.2) is 47.4 Å². The second-order valence-corrected chi connectivity index (χ2v) is 19.3. The van der Waals surface area contributed by atoms with Crippen molar-refractivity contribution < 1.29 is 24.5 Å². The summed E-state index contributed by atoms with van der Waals surface area (Å²) in [6, 6.07) is -0.636. The van der Waals surface area contributed by atoms with Crippen molar-refractivity contribution in [1.82, 2.24) is 5.32 Å². The van der Waals surface area contributed by atoms with Crippen LogP contribution in [0.15, 0.2) is 36.5 Å². The highest BCUT2D eigenvalue weighted by molar-refractivity contribution is 5.76. The number of aliphatic hydroxyl groups is 2. The first kappa shape index (κ1) is 62.1. The summed E-state index contributed by atoms with van der Waals surface area (Å²) in [7, 11) is 0. The number of amides is 1. The van der Waals surface area contributed by atoms with E-state index in [2.05, 4.69) is 43.5 Å². The monoisotopic (exact) mass is 900 g/mol. The number of carbonyl (C=O) groups is 2. The standard InChI is InChI=1S/C58H109NO5/c1-3-5-7-9-11-13-15-17-18-20-24-28-32-36-40-44-48-52-58(63)64-53-49-45-41-37-33-29-25-22-19-21-23-27-31-35-39-43-47-51-57(62)59-55(54-60)56(61)50-46-42-38-34-30-26-16-14-12-10-8-6-4-2/h17-19,22,46,50,55-56,60-61H,3-16,20-21,23-45,47-49,51-54H2,1-2H3,(H,59,62)/b18-17-,22-19-,50-46+. The first-order valence-electron chi connectivity index (χ1n) is 28.3. The fourth-order valence-electron chi connectivity index (χ4n) is 8.50. The topological polar surface area (TPSA) is 95.9 Å². The lowest BCUT2D eigenvalue weighted by Gasteiger charge is -2.20. The van der Waals surface area contributed by atoms with Crippen molar-refractivity contribution in [2.45, 2.75) is 309 Å². The Morgan fingerprint density at radius 3 is 1.11 bits per heavy atom. The molecule has 1 amide bonds. The van der Waals surface area contributed by atoms with Gasteiger partial charge in [-0.15, -0.1) is 0 Å². The zero-order valence-corrected chi connectivity index (χ0v) is 42.8. The molecule has 0 aromatic carbocycles. The van der Waals surface area contributed by atoms with E-state index >= 15 is 0 Å². The van der Waals surface area contributed by atoms with E-state index in [0.29, 0.717) is 19.4 Å². The van der Waals surface area contributed by atoms with E-state index < -0.39 is 12.1 Å². The lowest BCUT2D eigenvalue weighted by Crippen LogP contribution is -2.45. The molecule has 64 heavy (non-hydrogen) atoms. The highest BCUT2D eigenvalue weighted by Gasteiger charge is 2.18. The molecule has 0 aliphatic heterocycles. The van der Waals surface area contributed by atoms with Gasteiger partial charge in [-0.3, -0.25) is 9.59 Å². The maximum Gasteiger partial charge on any atom is 0.305 e. The van der Waals surface area contributed by atoms with Crippen LogP contribution in [0.2, 0.25) is 0 Å². The molecule has 3 N–H and O–H groups in total. The summed E-state index contributed by atoms with van der Waals surface area (Å²) in [4.78, 5) is 24.5. The van der Waals surface area contributed by atoms with Crippen molar-refractivity contribution in [3.8, 4) is 0 Å². The molecular weight excluding hydrogens is 791 g/mol. The van der Waals surface area contributed by atoms with Crippen molar-refractivity contribution in [3.63, 3.8) is 0 Å². The lowest BCUT2D eigenvalue weighted by molar-refractivity contribution is -0.143. The number of unbranched alkanes of at least 4 members (excludes halogenated alkanes) is 37. The average molecular weight is 901 g/mol. The van der Waals surface area contributed by atoms with Gasteiger partial charge in [0, 0.05) is 12.8 Å². The molecule has 0 fully saturated rings. The second kappa shape index (κ2) is 53.7. The van der Waals surface area contributed by atoms with Gasteiger partial charge in [0.05, 0.1) is 25.4 Å². The molecule has 0 heterocycles. The van der Waals surface area contributed by atoms with Gasteiger partial charge in [0.25, 0.3) is 0 Å². The van der Waals surface area contributed by atoms with Crippen LogP contribution in [0.4, 0.5) is 0 Å². The Labute approximate surface area is 398 Å². The molecule has 0 radical (unpaired) electrons. The Balaban J connectivity index is 3.47. The Morgan fingerprint density at radius 1 is 0.422 bits per heavy atom. The van der Waals surface area contributed by atoms with E-state index in [0.717, 1.165) is 57.8 Å². The lowest BCUT2D eigenvalue weighted by atomic mass is 10.0. The van der Waals surface area contributed by atoms with Gasteiger partial charge in [-0.1, -0.05) is 237 Å². The third-order valence-electron chi connectivity index (χ3n) is 12.9. The van der Waals surface area contributed by atoms with Crippen LogP contribution in [-0.2, 0) is 14.3 Å². The molecule has 0 aromatic rings. The summed E-state index contributed by atoms with van der Waals surface area (Å²) in [6.07, 6.45) is 65.9. The first-order chi connectivity index (χ1) is 31.5. The number of esters is 1. The normalized spacial score (nSPS) is 12.9. The van der Waals surface area contributed by atoms with Gasteiger partial charge in [0.1, 0.15) is 0 Å². The van der Waals surface area contributed by atoms with Gasteiger partial charge in [-0.25, -0.2) is 0 Å². The van der Waals surface area contributed by atoms with Gasteiger partial charge in [-0.2, -0.15) is 0 Å². The Morgan fingerprint density at radius 2 is 0.734 bits per heavy atom. The molecule has 0 aliphatic carbocycles. The molecular formula is C58H109NO5. The van der Waals surface area contributed by atoms with Crippen LogP contribution in [0, 0.1) is 0 Å². The summed E-state index contributed by atoms with van der Waals surface area (Å²) in [6.45, 7) is 4.87. The average Bonchev–Trinajstić information content (AvgIpc) is 3.29. The second-order valence-electron chi connectivity index (χ2n) is 19.3. The SMILES string of the molecule is CCCCCCCC/C=C\CCCCCCCCCC(=O)OCCCCCCCC/C=C\CCCCCCCCCC(=O)NC(CO)C(O)/C=C/CCCCCCCCCCCCC. The highest BCUT2D eigenvalue weighted by atomic mass is 16.5. The van der Waals surface area contributed by atoms with Crippen molar-refractivity contribution >= 4 is 11.9 Å². The number of nitrogens with one attached hydrogen (secondary N) is 1. The summed E-state index contributed by atoms with van der Waals surface area (Å²) in [5.74, 6) is -0.0871. The maximum atomic E-state index is 12.4. The number of hydrogen-bond acceptors (Lipinski definition) is 5. The smallest absolute Gasteiger partial charge is 0.305 e. The minimum absolute atomic E-state index is 0.00644. The van der Waals surface area contributed by atoms with Gasteiger partial charge in [0.15, 0.2) is 0 Å². The molecule has 6 nitrogen and oxygen atoms in total. The van der Waals surface area contributed by atoms with Gasteiger partial charge < -0.3 is 20.3 Å². The number of carbonyl (C=O) groups excluding carboxylic acids is 2. The predicted octanol–water partition coefficient (Wildman–Crippen LogP) is 17.2. The maximum absolute atomic E-state index is 12.4. The third-order valence-corrected chi connectivity index (χ3v) is 12.9. The molecule has 0 saturated carbocycles. The predicted molar refractivity (Wildman–Crippen MR) is 278 cm³/mol.